The second-order valence-corrected chi connectivity index (χ2v) is 11.3. The van der Waals surface area contributed by atoms with Crippen LogP contribution < -0.4 is 30.7 Å². The first-order valence-electron chi connectivity index (χ1n) is 15.7. The van der Waals surface area contributed by atoms with Crippen LogP contribution in [0.3, 0.4) is 0 Å². The molecule has 0 saturated heterocycles. The topological polar surface area (TPSA) is 92.9 Å². The van der Waals surface area contributed by atoms with E-state index in [1.807, 2.05) is 60.7 Å². The molecule has 0 bridgehead atoms. The Labute approximate surface area is 267 Å². The third kappa shape index (κ3) is 6.18. The molecule has 8 heteroatoms. The van der Waals surface area contributed by atoms with Gasteiger partial charge in [-0.3, -0.25) is 0 Å². The molecule has 0 aliphatic carbocycles. The fourth-order valence-corrected chi connectivity index (χ4v) is 6.00. The van der Waals surface area contributed by atoms with E-state index in [-0.39, 0.29) is 0 Å². The van der Waals surface area contributed by atoms with E-state index in [2.05, 4.69) is 57.7 Å². The summed E-state index contributed by atoms with van der Waals surface area (Å²) in [4.78, 5) is 0. The van der Waals surface area contributed by atoms with Crippen LogP contribution in [0.4, 0.5) is 11.4 Å². The van der Waals surface area contributed by atoms with Crippen molar-refractivity contribution in [2.75, 3.05) is 51.0 Å². The van der Waals surface area contributed by atoms with Gasteiger partial charge in [-0.1, -0.05) is 60.7 Å². The van der Waals surface area contributed by atoms with Gasteiger partial charge in [-0.15, -0.1) is 0 Å². The van der Waals surface area contributed by atoms with Gasteiger partial charge in [-0.25, -0.2) is 0 Å². The third-order valence-corrected chi connectivity index (χ3v) is 8.28. The van der Waals surface area contributed by atoms with E-state index in [1.165, 1.54) is 11.1 Å². The van der Waals surface area contributed by atoms with Gasteiger partial charge in [0, 0.05) is 72.9 Å². The van der Waals surface area contributed by atoms with Crippen molar-refractivity contribution in [2.24, 2.45) is 0 Å². The predicted molar refractivity (Wildman–Crippen MR) is 187 cm³/mol. The van der Waals surface area contributed by atoms with Gasteiger partial charge >= 0.3 is 0 Å². The molecule has 2 heterocycles. The maximum Gasteiger partial charge on any atom is 0.142 e. The van der Waals surface area contributed by atoms with Crippen LogP contribution in [0.5, 0.6) is 11.5 Å². The number of ether oxygens (including phenoxy) is 2. The molecule has 0 atom stereocenters. The molecule has 7 rings (SSSR count). The summed E-state index contributed by atoms with van der Waals surface area (Å²) < 4.78 is 23.5. The molecule has 7 aromatic rings. The minimum atomic E-state index is 0.754. The average Bonchev–Trinajstić information content (AvgIpc) is 3.64. The quantitative estimate of drug-likeness (QED) is 0.0919. The predicted octanol–water partition coefficient (Wildman–Crippen LogP) is 7.91. The van der Waals surface area contributed by atoms with Crippen molar-refractivity contribution in [2.45, 2.75) is 13.1 Å². The Morgan fingerprint density at radius 2 is 0.957 bits per heavy atom. The first kappa shape index (κ1) is 29.5. The molecular formula is C38H38N4O4. The number of hydrogen-bond acceptors (Lipinski definition) is 8. The Balaban J connectivity index is 0.866. The molecule has 0 fully saturated rings. The van der Waals surface area contributed by atoms with Crippen molar-refractivity contribution in [3.63, 3.8) is 0 Å². The molecular weight excluding hydrogens is 576 g/mol. The fraction of sp³-hybridized carbons (Fsp3) is 0.211. The molecule has 0 aliphatic heterocycles. The van der Waals surface area contributed by atoms with Crippen LogP contribution >= 0.6 is 0 Å². The van der Waals surface area contributed by atoms with Gasteiger partial charge in [-0.2, -0.15) is 0 Å². The number of benzene rings is 5. The first-order chi connectivity index (χ1) is 22.7. The van der Waals surface area contributed by atoms with Gasteiger partial charge in [0.05, 0.1) is 25.6 Å². The van der Waals surface area contributed by atoms with Crippen LogP contribution in [0.25, 0.3) is 43.9 Å². The Hall–Kier alpha value is -5.18. The molecule has 234 valence electrons. The maximum atomic E-state index is 6.06. The smallest absolute Gasteiger partial charge is 0.142 e. The number of fused-ring (bicyclic) bond motifs is 6. The van der Waals surface area contributed by atoms with Crippen molar-refractivity contribution in [3.8, 4) is 11.5 Å². The van der Waals surface area contributed by atoms with Crippen molar-refractivity contribution < 1.29 is 18.3 Å². The maximum absolute atomic E-state index is 6.06. The summed E-state index contributed by atoms with van der Waals surface area (Å²) in [6.07, 6.45) is 0. The molecule has 5 aromatic carbocycles. The zero-order valence-corrected chi connectivity index (χ0v) is 26.1. The highest BCUT2D eigenvalue weighted by Gasteiger charge is 2.13. The van der Waals surface area contributed by atoms with Gasteiger partial charge in [0.1, 0.15) is 33.8 Å². The summed E-state index contributed by atoms with van der Waals surface area (Å²) in [6, 6.07) is 33.0. The third-order valence-electron chi connectivity index (χ3n) is 8.28. The largest absolute Gasteiger partial charge is 0.495 e. The van der Waals surface area contributed by atoms with Gasteiger partial charge in [0.15, 0.2) is 0 Å². The summed E-state index contributed by atoms with van der Waals surface area (Å²) in [7, 11) is 3.40. The number of nitrogens with one attached hydrogen (secondary N) is 4. The lowest BCUT2D eigenvalue weighted by atomic mass is 10.1. The van der Waals surface area contributed by atoms with Gasteiger partial charge in [0.2, 0.25) is 0 Å². The van der Waals surface area contributed by atoms with E-state index < -0.39 is 0 Å². The van der Waals surface area contributed by atoms with E-state index in [9.17, 15) is 0 Å². The minimum Gasteiger partial charge on any atom is -0.495 e. The molecule has 0 amide bonds. The van der Waals surface area contributed by atoms with Crippen LogP contribution in [0, 0.1) is 0 Å². The Kier molecular flexibility index (Phi) is 8.63. The summed E-state index contributed by atoms with van der Waals surface area (Å²) in [5, 5.41) is 18.4. The molecule has 8 nitrogen and oxygen atoms in total. The van der Waals surface area contributed by atoms with E-state index in [0.717, 1.165) is 106 Å². The number of para-hydroxylation sites is 2. The molecule has 0 saturated carbocycles. The second kappa shape index (κ2) is 13.4. The summed E-state index contributed by atoms with van der Waals surface area (Å²) >= 11 is 0. The number of anilines is 2. The van der Waals surface area contributed by atoms with Gasteiger partial charge in [-0.05, 0) is 35.4 Å². The summed E-state index contributed by atoms with van der Waals surface area (Å²) in [5.41, 5.74) is 7.81. The lowest BCUT2D eigenvalue weighted by molar-refractivity contribution is 0.417. The highest BCUT2D eigenvalue weighted by Crippen LogP contribution is 2.37. The molecule has 0 unspecified atom stereocenters. The normalized spacial score (nSPS) is 11.5. The van der Waals surface area contributed by atoms with Crippen molar-refractivity contribution in [1.82, 2.24) is 10.6 Å². The highest BCUT2D eigenvalue weighted by atomic mass is 16.5. The van der Waals surface area contributed by atoms with Gasteiger partial charge < -0.3 is 39.6 Å². The van der Waals surface area contributed by atoms with E-state index in [4.69, 9.17) is 18.3 Å². The monoisotopic (exact) mass is 614 g/mol. The first-order valence-corrected chi connectivity index (χ1v) is 15.7. The van der Waals surface area contributed by atoms with Crippen LogP contribution in [0.1, 0.15) is 11.1 Å². The lowest BCUT2D eigenvalue weighted by Gasteiger charge is -2.13. The number of rotatable bonds is 14. The SMILES string of the molecule is COc1cc2c(cc1NCCNCc1cccc(CNCCNc3cc4oc5ccccc5c4cc3OC)c1)oc1ccccc12. The van der Waals surface area contributed by atoms with E-state index >= 15 is 0 Å². The van der Waals surface area contributed by atoms with Crippen molar-refractivity contribution in [3.05, 3.63) is 108 Å². The Morgan fingerprint density at radius 1 is 0.478 bits per heavy atom. The average molecular weight is 615 g/mol. The molecule has 2 aromatic heterocycles. The van der Waals surface area contributed by atoms with Crippen molar-refractivity contribution >= 4 is 55.3 Å². The number of furan rings is 2. The molecule has 0 aliphatic rings. The van der Waals surface area contributed by atoms with Crippen LogP contribution in [-0.2, 0) is 13.1 Å². The van der Waals surface area contributed by atoms with Crippen LogP contribution in [-0.4, -0.2) is 40.4 Å². The van der Waals surface area contributed by atoms with E-state index in [0.29, 0.717) is 0 Å². The zero-order valence-electron chi connectivity index (χ0n) is 26.1. The highest BCUT2D eigenvalue weighted by molar-refractivity contribution is 6.07. The molecule has 4 N–H and O–H groups in total. The van der Waals surface area contributed by atoms with Crippen LogP contribution in [0.2, 0.25) is 0 Å². The molecule has 0 radical (unpaired) electrons. The minimum absolute atomic E-state index is 0.754. The van der Waals surface area contributed by atoms with Crippen molar-refractivity contribution in [1.29, 1.82) is 0 Å². The zero-order chi connectivity index (χ0) is 31.3. The Morgan fingerprint density at radius 3 is 1.43 bits per heavy atom. The fourth-order valence-electron chi connectivity index (χ4n) is 6.00. The second-order valence-electron chi connectivity index (χ2n) is 11.3. The molecule has 0 spiro atoms. The summed E-state index contributed by atoms with van der Waals surface area (Å²) in [5.74, 6) is 1.61. The van der Waals surface area contributed by atoms with E-state index in [1.54, 1.807) is 14.2 Å². The standard InChI is InChI=1S/C38H38N4O4/c1-43-37-19-29-27-10-3-5-12-33(27)45-35(29)21-31(37)41-16-14-39-23-25-8-7-9-26(18-25)24-40-15-17-42-32-22-36-30(20-38(32)44-2)28-11-4-6-13-34(28)46-36/h3-13,18-22,39-42H,14-17,23-24H2,1-2H3. The van der Waals surface area contributed by atoms with Gasteiger partial charge in [0.25, 0.3) is 0 Å². The lowest BCUT2D eigenvalue weighted by Crippen LogP contribution is -2.23. The molecule has 46 heavy (non-hydrogen) atoms. The van der Waals surface area contributed by atoms with Crippen LogP contribution in [0.15, 0.2) is 106 Å². The number of hydrogen-bond donors (Lipinski definition) is 4. The Bertz CT molecular complexity index is 1970. The summed E-state index contributed by atoms with van der Waals surface area (Å²) in [6.45, 7) is 4.70. The number of methoxy groups -OCH3 is 2.